The van der Waals surface area contributed by atoms with Crippen molar-refractivity contribution < 1.29 is 32.2 Å². The van der Waals surface area contributed by atoms with E-state index in [9.17, 15) is 18.0 Å². The summed E-state index contributed by atoms with van der Waals surface area (Å²) in [6, 6.07) is 4.89. The molecule has 1 amide bonds. The summed E-state index contributed by atoms with van der Waals surface area (Å²) in [5.41, 5.74) is 0.732. The van der Waals surface area contributed by atoms with Crippen molar-refractivity contribution in [3.05, 3.63) is 29.8 Å². The highest BCUT2D eigenvalue weighted by Gasteiger charge is 2.35. The molecule has 2 aliphatic rings. The van der Waals surface area contributed by atoms with Crippen LogP contribution in [-0.2, 0) is 24.2 Å². The molecule has 1 saturated heterocycles. The summed E-state index contributed by atoms with van der Waals surface area (Å²) in [5.74, 6) is 0.427. The molecule has 1 fully saturated rings. The van der Waals surface area contributed by atoms with Gasteiger partial charge in [0.2, 0.25) is 6.79 Å². The van der Waals surface area contributed by atoms with Gasteiger partial charge in [0.25, 0.3) is 5.91 Å². The van der Waals surface area contributed by atoms with Gasteiger partial charge < -0.3 is 19.1 Å². The lowest BCUT2D eigenvalue weighted by atomic mass is 10.1. The number of rotatable bonds is 7. The average Bonchev–Trinajstić information content (AvgIpc) is 3.27. The number of esters is 1. The van der Waals surface area contributed by atoms with Gasteiger partial charge in [-0.2, -0.15) is 0 Å². The zero-order valence-electron chi connectivity index (χ0n) is 16.5. The number of carbonyl (C=O) groups excluding carboxylic acids is 2. The normalized spacial score (nSPS) is 19.6. The lowest BCUT2D eigenvalue weighted by Gasteiger charge is -2.29. The second-order valence-electron chi connectivity index (χ2n) is 7.55. The van der Waals surface area contributed by atoms with Crippen molar-refractivity contribution in [2.24, 2.45) is 5.92 Å². The minimum atomic E-state index is -3.12. The van der Waals surface area contributed by atoms with Crippen LogP contribution in [-0.4, -0.2) is 62.7 Å². The lowest BCUT2D eigenvalue weighted by molar-refractivity contribution is -0.149. The molecule has 0 saturated carbocycles. The highest BCUT2D eigenvalue weighted by atomic mass is 32.2. The van der Waals surface area contributed by atoms with Crippen LogP contribution in [0.25, 0.3) is 6.08 Å². The molecule has 3 rings (SSSR count). The zero-order chi connectivity index (χ0) is 21.0. The fourth-order valence-corrected chi connectivity index (χ4v) is 5.04. The van der Waals surface area contributed by atoms with Gasteiger partial charge in [0.1, 0.15) is 0 Å². The number of amides is 1. The van der Waals surface area contributed by atoms with Crippen LogP contribution in [0.3, 0.4) is 0 Å². The molecule has 0 unspecified atom stereocenters. The molecule has 0 N–H and O–H groups in total. The van der Waals surface area contributed by atoms with Crippen LogP contribution >= 0.6 is 0 Å². The number of benzene rings is 1. The third-order valence-electron chi connectivity index (χ3n) is 4.68. The summed E-state index contributed by atoms with van der Waals surface area (Å²) in [7, 11) is -3.12. The smallest absolute Gasteiger partial charge is 0.331 e. The Morgan fingerprint density at radius 3 is 2.72 bits per heavy atom. The Bertz CT molecular complexity index is 907. The van der Waals surface area contributed by atoms with Gasteiger partial charge in [-0.1, -0.05) is 19.9 Å². The lowest BCUT2D eigenvalue weighted by Crippen LogP contribution is -2.45. The van der Waals surface area contributed by atoms with E-state index in [4.69, 9.17) is 14.2 Å². The van der Waals surface area contributed by atoms with E-state index in [1.807, 2.05) is 13.8 Å². The van der Waals surface area contributed by atoms with Gasteiger partial charge in [0.15, 0.2) is 27.9 Å². The molecule has 1 aromatic carbocycles. The van der Waals surface area contributed by atoms with Gasteiger partial charge >= 0.3 is 5.97 Å². The van der Waals surface area contributed by atoms with E-state index in [0.29, 0.717) is 24.5 Å². The van der Waals surface area contributed by atoms with Crippen LogP contribution in [0.2, 0.25) is 0 Å². The second kappa shape index (κ2) is 8.86. The second-order valence-corrected chi connectivity index (χ2v) is 9.78. The molecule has 158 valence electrons. The van der Waals surface area contributed by atoms with Crippen LogP contribution in [0.4, 0.5) is 0 Å². The van der Waals surface area contributed by atoms with E-state index in [2.05, 4.69) is 0 Å². The predicted molar refractivity (Wildman–Crippen MR) is 106 cm³/mol. The Kier molecular flexibility index (Phi) is 6.46. The van der Waals surface area contributed by atoms with Crippen LogP contribution < -0.4 is 9.47 Å². The van der Waals surface area contributed by atoms with Crippen LogP contribution in [0.1, 0.15) is 25.8 Å². The molecule has 1 aromatic rings. The monoisotopic (exact) mass is 423 g/mol. The maximum absolute atomic E-state index is 12.6. The molecule has 0 bridgehead atoms. The summed E-state index contributed by atoms with van der Waals surface area (Å²) in [6.45, 7) is 4.06. The van der Waals surface area contributed by atoms with Crippen molar-refractivity contribution in [3.63, 3.8) is 0 Å². The molecule has 1 atom stereocenters. The maximum atomic E-state index is 12.6. The Morgan fingerprint density at radius 2 is 2.03 bits per heavy atom. The first kappa shape index (κ1) is 21.2. The number of fused-ring (bicyclic) bond motifs is 1. The van der Waals surface area contributed by atoms with Crippen LogP contribution in [0.5, 0.6) is 11.5 Å². The van der Waals surface area contributed by atoms with Gasteiger partial charge in [0, 0.05) is 18.7 Å². The summed E-state index contributed by atoms with van der Waals surface area (Å²) < 4.78 is 39.1. The van der Waals surface area contributed by atoms with Crippen molar-refractivity contribution >= 4 is 27.8 Å². The summed E-state index contributed by atoms with van der Waals surface area (Å²) in [4.78, 5) is 26.1. The highest BCUT2D eigenvalue weighted by Crippen LogP contribution is 2.32. The fraction of sp³-hybridized carbons (Fsp3) is 0.500. The van der Waals surface area contributed by atoms with E-state index < -0.39 is 22.4 Å². The standard InChI is InChI=1S/C20H25NO7S/c1-14(2)10-21(16-7-8-29(24,25)12-16)19(22)11-26-20(23)6-4-15-3-5-17-18(9-15)28-13-27-17/h3-6,9,14,16H,7-8,10-13H2,1-2H3/b6-4+/t16-/m0/s1. The first-order valence-electron chi connectivity index (χ1n) is 9.48. The summed E-state index contributed by atoms with van der Waals surface area (Å²) in [5, 5.41) is 0. The molecule has 0 radical (unpaired) electrons. The number of hydrogen-bond donors (Lipinski definition) is 0. The van der Waals surface area contributed by atoms with Gasteiger partial charge in [-0.25, -0.2) is 13.2 Å². The van der Waals surface area contributed by atoms with E-state index in [1.165, 1.54) is 11.0 Å². The maximum Gasteiger partial charge on any atom is 0.331 e. The SMILES string of the molecule is CC(C)CN(C(=O)COC(=O)/C=C/c1ccc2c(c1)OCO2)[C@H]1CCS(=O)(=O)C1. The average molecular weight is 423 g/mol. The van der Waals surface area contributed by atoms with Gasteiger partial charge in [-0.15, -0.1) is 0 Å². The topological polar surface area (TPSA) is 99.2 Å². The largest absolute Gasteiger partial charge is 0.454 e. The van der Waals surface area contributed by atoms with Crippen LogP contribution in [0.15, 0.2) is 24.3 Å². The zero-order valence-corrected chi connectivity index (χ0v) is 17.3. The van der Waals surface area contributed by atoms with Crippen molar-refractivity contribution in [2.75, 3.05) is 31.5 Å². The molecule has 2 heterocycles. The number of ether oxygens (including phenoxy) is 3. The third kappa shape index (κ3) is 5.72. The number of hydrogen-bond acceptors (Lipinski definition) is 7. The molecule has 8 nitrogen and oxygen atoms in total. The predicted octanol–water partition coefficient (Wildman–Crippen LogP) is 1.64. The summed E-state index contributed by atoms with van der Waals surface area (Å²) >= 11 is 0. The van der Waals surface area contributed by atoms with Gasteiger partial charge in [-0.05, 0) is 36.1 Å². The number of nitrogens with zero attached hydrogens (tertiary/aromatic N) is 1. The van der Waals surface area contributed by atoms with Crippen LogP contribution in [0, 0.1) is 5.92 Å². The first-order valence-corrected chi connectivity index (χ1v) is 11.3. The van der Waals surface area contributed by atoms with E-state index in [-0.39, 0.29) is 36.2 Å². The Morgan fingerprint density at radius 1 is 1.28 bits per heavy atom. The Hall–Kier alpha value is -2.55. The Labute approximate surface area is 170 Å². The molecular formula is C20H25NO7S. The third-order valence-corrected chi connectivity index (χ3v) is 6.43. The Balaban J connectivity index is 1.55. The summed E-state index contributed by atoms with van der Waals surface area (Å²) in [6.07, 6.45) is 3.21. The van der Waals surface area contributed by atoms with Crippen molar-refractivity contribution in [1.82, 2.24) is 4.90 Å². The van der Waals surface area contributed by atoms with Crippen molar-refractivity contribution in [2.45, 2.75) is 26.3 Å². The molecule has 0 aromatic heterocycles. The number of carbonyl (C=O) groups is 2. The van der Waals surface area contributed by atoms with Crippen molar-refractivity contribution in [1.29, 1.82) is 0 Å². The highest BCUT2D eigenvalue weighted by molar-refractivity contribution is 7.91. The molecule has 0 spiro atoms. The minimum absolute atomic E-state index is 0.0383. The first-order chi connectivity index (χ1) is 13.7. The minimum Gasteiger partial charge on any atom is -0.454 e. The quantitative estimate of drug-likeness (QED) is 0.486. The van der Waals surface area contributed by atoms with E-state index in [1.54, 1.807) is 24.3 Å². The van der Waals surface area contributed by atoms with E-state index in [0.717, 1.165) is 5.56 Å². The van der Waals surface area contributed by atoms with Gasteiger partial charge in [-0.3, -0.25) is 4.79 Å². The van der Waals surface area contributed by atoms with E-state index >= 15 is 0 Å². The molecule has 0 aliphatic carbocycles. The molecule has 2 aliphatic heterocycles. The van der Waals surface area contributed by atoms with Crippen molar-refractivity contribution in [3.8, 4) is 11.5 Å². The van der Waals surface area contributed by atoms with Gasteiger partial charge in [0.05, 0.1) is 11.5 Å². The fourth-order valence-electron chi connectivity index (χ4n) is 3.31. The molecule has 29 heavy (non-hydrogen) atoms. The molecular weight excluding hydrogens is 398 g/mol. The molecule has 9 heteroatoms. The number of sulfone groups is 1.